The Hall–Kier alpha value is -1.13. The molecule has 0 radical (unpaired) electrons. The van der Waals surface area contributed by atoms with E-state index in [4.69, 9.17) is 22.7 Å². The highest BCUT2D eigenvalue weighted by molar-refractivity contribution is 7.80. The van der Waals surface area contributed by atoms with Gasteiger partial charge >= 0.3 is 0 Å². The van der Waals surface area contributed by atoms with Crippen LogP contribution in [-0.4, -0.2) is 36.1 Å². The first kappa shape index (κ1) is 15.3. The maximum absolute atomic E-state index is 5.85. The number of para-hydroxylation sites is 1. The maximum atomic E-state index is 5.85. The van der Waals surface area contributed by atoms with Crippen LogP contribution in [0.4, 0.5) is 0 Å². The van der Waals surface area contributed by atoms with Gasteiger partial charge in [0.1, 0.15) is 17.3 Å². The molecule has 3 nitrogen and oxygen atoms in total. The van der Waals surface area contributed by atoms with Crippen LogP contribution < -0.4 is 10.5 Å². The number of ether oxygens (including phenoxy) is 1. The monoisotopic (exact) mass is 292 g/mol. The van der Waals surface area contributed by atoms with Gasteiger partial charge in [-0.15, -0.1) is 0 Å². The largest absolute Gasteiger partial charge is 0.492 e. The summed E-state index contributed by atoms with van der Waals surface area (Å²) in [7, 11) is 2.19. The van der Waals surface area contributed by atoms with E-state index in [9.17, 15) is 0 Å². The van der Waals surface area contributed by atoms with Gasteiger partial charge in [-0.1, -0.05) is 43.6 Å². The van der Waals surface area contributed by atoms with Crippen molar-refractivity contribution < 1.29 is 4.74 Å². The van der Waals surface area contributed by atoms with E-state index < -0.39 is 0 Å². The molecule has 0 aliphatic heterocycles. The summed E-state index contributed by atoms with van der Waals surface area (Å²) < 4.78 is 5.85. The first-order chi connectivity index (χ1) is 9.68. The highest BCUT2D eigenvalue weighted by Crippen LogP contribution is 2.22. The summed E-state index contributed by atoms with van der Waals surface area (Å²) in [5.41, 5.74) is 6.53. The van der Waals surface area contributed by atoms with Crippen LogP contribution in [0.5, 0.6) is 5.75 Å². The molecule has 1 aromatic rings. The molecule has 0 atom stereocenters. The van der Waals surface area contributed by atoms with E-state index in [-0.39, 0.29) is 0 Å². The summed E-state index contributed by atoms with van der Waals surface area (Å²) >= 11 is 5.04. The minimum Gasteiger partial charge on any atom is -0.492 e. The number of nitrogens with two attached hydrogens (primary N) is 1. The summed E-state index contributed by atoms with van der Waals surface area (Å²) in [6.45, 7) is 1.61. The smallest absolute Gasteiger partial charge is 0.129 e. The molecule has 1 saturated carbocycles. The molecular weight excluding hydrogens is 268 g/mol. The summed E-state index contributed by atoms with van der Waals surface area (Å²) in [5.74, 6) is 0.789. The Bertz CT molecular complexity index is 444. The van der Waals surface area contributed by atoms with Gasteiger partial charge in [0, 0.05) is 12.6 Å². The molecule has 0 unspecified atom stereocenters. The lowest BCUT2D eigenvalue weighted by molar-refractivity contribution is 0.160. The van der Waals surface area contributed by atoms with Crippen molar-refractivity contribution >= 4 is 17.2 Å². The second-order valence-corrected chi connectivity index (χ2v) is 5.92. The van der Waals surface area contributed by atoms with Gasteiger partial charge < -0.3 is 15.4 Å². The third-order valence-electron chi connectivity index (χ3n) is 4.05. The number of nitrogens with zero attached hydrogens (tertiary/aromatic N) is 1. The van der Waals surface area contributed by atoms with Crippen LogP contribution >= 0.6 is 12.2 Å². The van der Waals surface area contributed by atoms with Gasteiger partial charge in [0.25, 0.3) is 0 Å². The number of hydrogen-bond acceptors (Lipinski definition) is 3. The third kappa shape index (κ3) is 4.18. The van der Waals surface area contributed by atoms with Gasteiger partial charge in [-0.25, -0.2) is 0 Å². The first-order valence-corrected chi connectivity index (χ1v) is 7.81. The van der Waals surface area contributed by atoms with Crippen LogP contribution in [0, 0.1) is 0 Å². The fourth-order valence-electron chi connectivity index (χ4n) is 2.80. The number of benzene rings is 1. The molecule has 0 saturated heterocycles. The highest BCUT2D eigenvalue weighted by Gasteiger charge is 2.17. The summed E-state index contributed by atoms with van der Waals surface area (Å²) in [6, 6.07) is 8.42. The quantitative estimate of drug-likeness (QED) is 0.818. The summed E-state index contributed by atoms with van der Waals surface area (Å²) in [4.78, 5) is 2.81. The van der Waals surface area contributed by atoms with Crippen molar-refractivity contribution in [2.45, 2.75) is 38.1 Å². The number of hydrogen-bond donors (Lipinski definition) is 1. The highest BCUT2D eigenvalue weighted by atomic mass is 32.1. The Morgan fingerprint density at radius 1 is 1.30 bits per heavy atom. The third-order valence-corrected chi connectivity index (χ3v) is 4.27. The van der Waals surface area contributed by atoms with Crippen LogP contribution in [0.3, 0.4) is 0 Å². The number of likely N-dealkylation sites (N-methyl/N-ethyl adjacent to an activating group) is 1. The summed E-state index contributed by atoms with van der Waals surface area (Å²) in [6.07, 6.45) is 6.75. The van der Waals surface area contributed by atoms with Gasteiger partial charge in [0.05, 0.1) is 5.56 Å². The van der Waals surface area contributed by atoms with E-state index in [2.05, 4.69) is 11.9 Å². The van der Waals surface area contributed by atoms with Crippen molar-refractivity contribution in [3.63, 3.8) is 0 Å². The predicted octanol–water partition coefficient (Wildman–Crippen LogP) is 2.96. The van der Waals surface area contributed by atoms with Crippen molar-refractivity contribution in [2.24, 2.45) is 5.73 Å². The minimum absolute atomic E-state index is 0.390. The van der Waals surface area contributed by atoms with Crippen LogP contribution in [-0.2, 0) is 0 Å². The molecule has 0 spiro atoms. The van der Waals surface area contributed by atoms with Gasteiger partial charge in [0.2, 0.25) is 0 Å². The van der Waals surface area contributed by atoms with Crippen molar-refractivity contribution in [1.82, 2.24) is 4.90 Å². The SMILES string of the molecule is CN(CCOc1ccccc1C(N)=S)C1CCCCC1. The molecule has 4 heteroatoms. The normalized spacial score (nSPS) is 16.3. The van der Waals surface area contributed by atoms with E-state index >= 15 is 0 Å². The van der Waals surface area contributed by atoms with Crippen LogP contribution in [0.15, 0.2) is 24.3 Å². The first-order valence-electron chi connectivity index (χ1n) is 7.40. The maximum Gasteiger partial charge on any atom is 0.129 e. The lowest BCUT2D eigenvalue weighted by atomic mass is 9.94. The van der Waals surface area contributed by atoms with Gasteiger partial charge in [-0.3, -0.25) is 0 Å². The lowest BCUT2D eigenvalue weighted by Crippen LogP contribution is -2.36. The molecule has 0 bridgehead atoms. The molecule has 20 heavy (non-hydrogen) atoms. The van der Waals surface area contributed by atoms with Crippen LogP contribution in [0.2, 0.25) is 0 Å². The van der Waals surface area contributed by atoms with E-state index in [1.165, 1.54) is 32.1 Å². The van der Waals surface area contributed by atoms with Gasteiger partial charge in [-0.2, -0.15) is 0 Å². The average Bonchev–Trinajstić information content (AvgIpc) is 2.48. The zero-order valence-electron chi connectivity index (χ0n) is 12.2. The molecule has 2 rings (SSSR count). The Morgan fingerprint density at radius 2 is 2.00 bits per heavy atom. The zero-order valence-corrected chi connectivity index (χ0v) is 13.0. The van der Waals surface area contributed by atoms with Crippen molar-refractivity contribution in [3.05, 3.63) is 29.8 Å². The number of thiocarbonyl (C=S) groups is 1. The summed E-state index contributed by atoms with van der Waals surface area (Å²) in [5, 5.41) is 0. The second kappa shape index (κ2) is 7.60. The van der Waals surface area contributed by atoms with Crippen LogP contribution in [0.1, 0.15) is 37.7 Å². The number of rotatable bonds is 6. The van der Waals surface area contributed by atoms with Gasteiger partial charge in [-0.05, 0) is 32.0 Å². The molecule has 0 heterocycles. The zero-order chi connectivity index (χ0) is 14.4. The standard InChI is InChI=1S/C16H24N2OS/c1-18(13-7-3-2-4-8-13)11-12-19-15-10-6-5-9-14(15)16(17)20/h5-6,9-10,13H,2-4,7-8,11-12H2,1H3,(H2,17,20). The van der Waals surface area contributed by atoms with E-state index in [1.807, 2.05) is 24.3 Å². The molecule has 1 aliphatic carbocycles. The fraction of sp³-hybridized carbons (Fsp3) is 0.562. The van der Waals surface area contributed by atoms with E-state index in [0.29, 0.717) is 11.6 Å². The molecular formula is C16H24N2OS. The molecule has 0 aromatic heterocycles. The minimum atomic E-state index is 0.390. The van der Waals surface area contributed by atoms with Crippen molar-refractivity contribution in [3.8, 4) is 5.75 Å². The van der Waals surface area contributed by atoms with Crippen molar-refractivity contribution in [1.29, 1.82) is 0 Å². The van der Waals surface area contributed by atoms with Crippen molar-refractivity contribution in [2.75, 3.05) is 20.2 Å². The lowest BCUT2D eigenvalue weighted by Gasteiger charge is -2.31. The molecule has 1 fully saturated rings. The molecule has 1 aromatic carbocycles. The van der Waals surface area contributed by atoms with E-state index in [1.54, 1.807) is 0 Å². The molecule has 110 valence electrons. The molecule has 1 aliphatic rings. The Balaban J connectivity index is 1.82. The van der Waals surface area contributed by atoms with Crippen LogP contribution in [0.25, 0.3) is 0 Å². The Kier molecular flexibility index (Phi) is 5.80. The fourth-order valence-corrected chi connectivity index (χ4v) is 2.97. The molecule has 0 amide bonds. The van der Waals surface area contributed by atoms with E-state index in [0.717, 1.165) is 23.9 Å². The van der Waals surface area contributed by atoms with Gasteiger partial charge in [0.15, 0.2) is 0 Å². The second-order valence-electron chi connectivity index (χ2n) is 5.48. The molecule has 2 N–H and O–H groups in total. The topological polar surface area (TPSA) is 38.5 Å². The Labute approximate surface area is 127 Å². The average molecular weight is 292 g/mol. The Morgan fingerprint density at radius 3 is 2.70 bits per heavy atom. The predicted molar refractivity (Wildman–Crippen MR) is 87.3 cm³/mol.